The number of methoxy groups -OCH3 is 2. The summed E-state index contributed by atoms with van der Waals surface area (Å²) in [6, 6.07) is 31.6. The average molecular weight is 1030 g/mol. The van der Waals surface area contributed by atoms with E-state index >= 15 is 19.2 Å². The van der Waals surface area contributed by atoms with Crippen molar-refractivity contribution in [3.63, 3.8) is 0 Å². The fourth-order valence-corrected chi connectivity index (χ4v) is 11.3. The largest absolute Gasteiger partial charge is 0.491 e. The zero-order valence-electron chi connectivity index (χ0n) is 41.9. The third kappa shape index (κ3) is 9.86. The lowest BCUT2D eigenvalue weighted by Gasteiger charge is -2.46. The number of carbonyl (C=O) groups excluding carboxylic acids is 6. The van der Waals surface area contributed by atoms with Crippen LogP contribution < -0.4 is 9.64 Å². The minimum absolute atomic E-state index is 0.0135. The van der Waals surface area contributed by atoms with Crippen LogP contribution >= 0.6 is 0 Å². The van der Waals surface area contributed by atoms with E-state index in [1.54, 1.807) is 35.2 Å². The number of anilines is 1. The van der Waals surface area contributed by atoms with Crippen LogP contribution in [0.2, 0.25) is 0 Å². The Morgan fingerprint density at radius 2 is 1.43 bits per heavy atom. The van der Waals surface area contributed by atoms with Crippen LogP contribution in [0.15, 0.2) is 127 Å². The van der Waals surface area contributed by atoms with Gasteiger partial charge in [0.15, 0.2) is 5.92 Å². The normalized spacial score (nSPS) is 22.0. The molecule has 0 saturated carbocycles. The Labute approximate surface area is 438 Å². The van der Waals surface area contributed by atoms with Gasteiger partial charge in [-0.15, -0.1) is 0 Å². The zero-order chi connectivity index (χ0) is 53.5. The van der Waals surface area contributed by atoms with Crippen LogP contribution in [0.1, 0.15) is 90.1 Å². The molecule has 0 bridgehead atoms. The fraction of sp³-hybridized carbons (Fsp3) is 0.345. The molecule has 3 fully saturated rings. The van der Waals surface area contributed by atoms with E-state index in [1.165, 1.54) is 36.4 Å². The van der Waals surface area contributed by atoms with Crippen LogP contribution in [0.4, 0.5) is 16.2 Å². The summed E-state index contributed by atoms with van der Waals surface area (Å²) < 4.78 is 28.6. The zero-order valence-corrected chi connectivity index (χ0v) is 41.9. The van der Waals surface area contributed by atoms with E-state index in [-0.39, 0.29) is 47.9 Å². The molecule has 3 amide bonds. The first kappa shape index (κ1) is 52.5. The maximum absolute atomic E-state index is 16.8. The highest BCUT2D eigenvalue weighted by molar-refractivity contribution is 6.23. The predicted molar refractivity (Wildman–Crippen MR) is 273 cm³/mol. The highest BCUT2D eigenvalue weighted by Crippen LogP contribution is 2.67. The number of rotatable bonds is 13. The number of nitrogens with zero attached hydrogens (tertiary/aromatic N) is 4. The summed E-state index contributed by atoms with van der Waals surface area (Å²) >= 11 is 0. The molecule has 0 aromatic heterocycles. The van der Waals surface area contributed by atoms with Gasteiger partial charge in [-0.05, 0) is 71.5 Å². The number of carbonyl (C=O) groups is 6. The van der Waals surface area contributed by atoms with Crippen molar-refractivity contribution in [1.29, 1.82) is 0 Å². The number of cyclic esters (lactones) is 1. The number of nitro groups is 1. The van der Waals surface area contributed by atoms with Crippen molar-refractivity contribution in [3.05, 3.63) is 171 Å². The van der Waals surface area contributed by atoms with Gasteiger partial charge in [-0.3, -0.25) is 39.0 Å². The van der Waals surface area contributed by atoms with Crippen LogP contribution in [-0.4, -0.2) is 102 Å². The van der Waals surface area contributed by atoms with Crippen LogP contribution in [0.3, 0.4) is 0 Å². The molecular formula is C58H56N4O14. The second-order valence-electron chi connectivity index (χ2n) is 18.9. The van der Waals surface area contributed by atoms with E-state index in [4.69, 9.17) is 23.7 Å². The summed E-state index contributed by atoms with van der Waals surface area (Å²) in [6.07, 6.45) is 1.48. The number of para-hydroxylation sites is 1. The van der Waals surface area contributed by atoms with Gasteiger partial charge in [0, 0.05) is 42.8 Å². The van der Waals surface area contributed by atoms with Crippen molar-refractivity contribution in [2.75, 3.05) is 45.4 Å². The molecule has 6 atom stereocenters. The first-order valence-electron chi connectivity index (χ1n) is 25.2. The molecule has 5 aromatic rings. The maximum Gasteiger partial charge on any atom is 0.421 e. The Hall–Kier alpha value is -8.40. The molecule has 3 saturated heterocycles. The van der Waals surface area contributed by atoms with Gasteiger partial charge in [-0.25, -0.2) is 9.69 Å². The van der Waals surface area contributed by atoms with Gasteiger partial charge in [0.25, 0.3) is 5.69 Å². The lowest BCUT2D eigenvalue weighted by Crippen LogP contribution is -2.56. The SMILES string of the molecule is COC(=O)C(CC#Cc1ccc2c(c1)[C@]1(C(=O)N2C(=O)OCc2ccc([N+](=O)[O-])cc2)[C@H](C(=O)N2CCCCCCC2)[C@H]2C(=O)O[C@H](c3ccccc3)[C@H](c3ccccc3)N2[C@@H]1c1ccccc1OCCO)C(=O)OC. The van der Waals surface area contributed by atoms with Crippen molar-refractivity contribution in [2.45, 2.75) is 74.8 Å². The number of fused-ring (bicyclic) bond motifs is 3. The van der Waals surface area contributed by atoms with Gasteiger partial charge in [0.1, 0.15) is 36.5 Å². The molecule has 4 aliphatic heterocycles. The number of amides is 3. The van der Waals surface area contributed by atoms with E-state index in [0.717, 1.165) is 38.4 Å². The van der Waals surface area contributed by atoms with E-state index in [0.29, 0.717) is 48.2 Å². The molecule has 18 nitrogen and oxygen atoms in total. The van der Waals surface area contributed by atoms with Crippen LogP contribution in [0.25, 0.3) is 0 Å². The standard InChI is InChI=1S/C58H56N4O14/c1-72-53(65)43(54(66)73-2)23-16-17-37-27-30-45-44(35-37)58(56(68)60(45)57(69)75-36-38-25-28-41(29-26-38)62(70)71)47(52(64)59-31-14-4-3-5-15-32-59)49-55(67)76-50(40-20-10-7-11-21-40)48(39-18-8-6-9-19-39)61(49)51(58)42-22-12-13-24-46(42)74-34-33-63/h6-13,18-22,24-30,35,43,47-51,63H,3-5,14-15,23,31-34,36H2,1-2H3/t47-,48-,49-,50+,51+,58-/m0/s1. The number of hydrogen-bond acceptors (Lipinski definition) is 15. The Bertz CT molecular complexity index is 3050. The third-order valence-electron chi connectivity index (χ3n) is 14.7. The van der Waals surface area contributed by atoms with Crippen molar-refractivity contribution >= 4 is 47.2 Å². The minimum atomic E-state index is -2.22. The molecule has 0 aliphatic carbocycles. The highest BCUT2D eigenvalue weighted by atomic mass is 16.6. The lowest BCUT2D eigenvalue weighted by molar-refractivity contribution is -0.384. The number of ether oxygens (including phenoxy) is 5. The molecule has 4 heterocycles. The van der Waals surface area contributed by atoms with Gasteiger partial charge in [-0.2, -0.15) is 0 Å². The number of non-ortho nitro benzene ring substituents is 1. The van der Waals surface area contributed by atoms with E-state index in [2.05, 4.69) is 11.8 Å². The molecule has 392 valence electrons. The first-order chi connectivity index (χ1) is 36.9. The van der Waals surface area contributed by atoms with E-state index in [9.17, 15) is 24.8 Å². The van der Waals surface area contributed by atoms with Gasteiger partial charge in [-0.1, -0.05) is 110 Å². The van der Waals surface area contributed by atoms with Gasteiger partial charge < -0.3 is 33.7 Å². The van der Waals surface area contributed by atoms with Gasteiger partial charge in [0.2, 0.25) is 11.8 Å². The Morgan fingerprint density at radius 3 is 2.08 bits per heavy atom. The summed E-state index contributed by atoms with van der Waals surface area (Å²) in [5, 5.41) is 21.7. The van der Waals surface area contributed by atoms with Crippen molar-refractivity contribution in [2.24, 2.45) is 11.8 Å². The summed E-state index contributed by atoms with van der Waals surface area (Å²) in [7, 11) is 2.27. The summed E-state index contributed by atoms with van der Waals surface area (Å²) in [4.78, 5) is 105. The number of imide groups is 1. The molecule has 76 heavy (non-hydrogen) atoms. The average Bonchev–Trinajstić information content (AvgIpc) is 4.04. The van der Waals surface area contributed by atoms with Crippen molar-refractivity contribution in [3.8, 4) is 17.6 Å². The molecule has 4 aliphatic rings. The number of hydrogen-bond donors (Lipinski definition) is 1. The number of esters is 3. The van der Waals surface area contributed by atoms with Gasteiger partial charge in [0.05, 0.1) is 49.4 Å². The van der Waals surface area contributed by atoms with E-state index in [1.807, 2.05) is 65.6 Å². The number of morpholine rings is 1. The van der Waals surface area contributed by atoms with Crippen LogP contribution in [0, 0.1) is 33.8 Å². The summed E-state index contributed by atoms with van der Waals surface area (Å²) in [6.45, 7) is -0.333. The molecule has 1 spiro atoms. The molecule has 0 unspecified atom stereocenters. The number of benzene rings is 5. The second-order valence-corrected chi connectivity index (χ2v) is 18.9. The maximum atomic E-state index is 16.8. The van der Waals surface area contributed by atoms with Crippen molar-refractivity contribution < 1.29 is 62.5 Å². The topological polar surface area (TPSA) is 222 Å². The summed E-state index contributed by atoms with van der Waals surface area (Å²) in [5.41, 5.74) is 0.0147. The molecule has 18 heteroatoms. The van der Waals surface area contributed by atoms with Crippen LogP contribution in [0.5, 0.6) is 5.75 Å². The monoisotopic (exact) mass is 1030 g/mol. The Kier molecular flexibility index (Phi) is 15.9. The highest BCUT2D eigenvalue weighted by Gasteiger charge is 2.76. The number of nitro benzene ring substituents is 1. The number of aliphatic hydroxyl groups excluding tert-OH is 1. The van der Waals surface area contributed by atoms with Gasteiger partial charge >= 0.3 is 24.0 Å². The summed E-state index contributed by atoms with van der Waals surface area (Å²) in [5.74, 6) is -0.810. The lowest BCUT2D eigenvalue weighted by atomic mass is 9.64. The Balaban J connectivity index is 1.33. The Morgan fingerprint density at radius 1 is 0.803 bits per heavy atom. The molecule has 1 N–H and O–H groups in total. The predicted octanol–water partition coefficient (Wildman–Crippen LogP) is 7.46. The second kappa shape index (κ2) is 23.0. The third-order valence-corrected chi connectivity index (χ3v) is 14.7. The molecular weight excluding hydrogens is 977 g/mol. The quantitative estimate of drug-likeness (QED) is 0.0302. The van der Waals surface area contributed by atoms with E-state index < -0.39 is 88.8 Å². The first-order valence-corrected chi connectivity index (χ1v) is 25.2. The smallest absolute Gasteiger partial charge is 0.421 e. The minimum Gasteiger partial charge on any atom is -0.491 e. The van der Waals surface area contributed by atoms with Crippen molar-refractivity contribution in [1.82, 2.24) is 9.80 Å². The number of likely N-dealkylation sites (tertiary alicyclic amines) is 1. The number of aliphatic hydroxyl groups is 1. The molecule has 9 rings (SSSR count). The molecule has 0 radical (unpaired) electrons. The molecule has 5 aromatic carbocycles. The van der Waals surface area contributed by atoms with Crippen LogP contribution in [-0.2, 0) is 54.9 Å². The fourth-order valence-electron chi connectivity index (χ4n) is 11.3.